The number of hydrogen-bond donors (Lipinski definition) is 1. The highest BCUT2D eigenvalue weighted by molar-refractivity contribution is 4.97. The van der Waals surface area contributed by atoms with Crippen LogP contribution in [-0.2, 0) is 0 Å². The standard InChI is InChI=1S/C17H33NO/c1-16(2,3)13-7-6-11-18(12-9-13)14-8-10-17(4,5)15(14)19/h13-15,19H,6-12H2,1-5H3. The number of nitrogens with zero attached hydrogens (tertiary/aromatic N) is 1. The first-order chi connectivity index (χ1) is 8.72. The number of rotatable bonds is 1. The van der Waals surface area contributed by atoms with Gasteiger partial charge in [0.1, 0.15) is 0 Å². The van der Waals surface area contributed by atoms with Gasteiger partial charge < -0.3 is 5.11 Å². The van der Waals surface area contributed by atoms with Crippen LogP contribution in [0.15, 0.2) is 0 Å². The number of hydrogen-bond acceptors (Lipinski definition) is 2. The summed E-state index contributed by atoms with van der Waals surface area (Å²) in [7, 11) is 0. The van der Waals surface area contributed by atoms with Crippen molar-refractivity contribution < 1.29 is 5.11 Å². The third kappa shape index (κ3) is 3.33. The van der Waals surface area contributed by atoms with Gasteiger partial charge in [0.15, 0.2) is 0 Å². The molecule has 2 heteroatoms. The van der Waals surface area contributed by atoms with Crippen molar-refractivity contribution in [3.05, 3.63) is 0 Å². The smallest absolute Gasteiger partial charge is 0.0746 e. The Labute approximate surface area is 119 Å². The Bertz CT molecular complexity index is 305. The zero-order chi connectivity index (χ0) is 14.3. The Morgan fingerprint density at radius 2 is 1.74 bits per heavy atom. The monoisotopic (exact) mass is 267 g/mol. The molecule has 1 saturated heterocycles. The lowest BCUT2D eigenvalue weighted by Gasteiger charge is -2.34. The van der Waals surface area contributed by atoms with E-state index in [4.69, 9.17) is 0 Å². The normalized spacial score (nSPS) is 37.3. The molecule has 0 aromatic carbocycles. The summed E-state index contributed by atoms with van der Waals surface area (Å²) in [4.78, 5) is 2.59. The van der Waals surface area contributed by atoms with Gasteiger partial charge in [-0.3, -0.25) is 4.90 Å². The van der Waals surface area contributed by atoms with Gasteiger partial charge in [0.05, 0.1) is 6.10 Å². The number of likely N-dealkylation sites (tertiary alicyclic amines) is 1. The van der Waals surface area contributed by atoms with Crippen LogP contribution in [0.5, 0.6) is 0 Å². The van der Waals surface area contributed by atoms with Crippen molar-refractivity contribution in [2.24, 2.45) is 16.7 Å². The molecular formula is C17H33NO. The van der Waals surface area contributed by atoms with E-state index >= 15 is 0 Å². The molecular weight excluding hydrogens is 234 g/mol. The van der Waals surface area contributed by atoms with E-state index in [0.29, 0.717) is 11.5 Å². The third-order valence-corrected chi connectivity index (χ3v) is 5.71. The molecule has 0 spiro atoms. The molecule has 2 rings (SSSR count). The van der Waals surface area contributed by atoms with E-state index in [1.165, 1.54) is 38.8 Å². The predicted molar refractivity (Wildman–Crippen MR) is 81.2 cm³/mol. The third-order valence-electron chi connectivity index (χ3n) is 5.71. The molecule has 1 aliphatic carbocycles. The van der Waals surface area contributed by atoms with Crippen molar-refractivity contribution in [2.45, 2.75) is 78.9 Å². The quantitative estimate of drug-likeness (QED) is 0.783. The molecule has 3 atom stereocenters. The lowest BCUT2D eigenvalue weighted by atomic mass is 9.77. The molecule has 1 N–H and O–H groups in total. The van der Waals surface area contributed by atoms with Gasteiger partial charge in [-0.05, 0) is 61.9 Å². The zero-order valence-electron chi connectivity index (χ0n) is 13.6. The van der Waals surface area contributed by atoms with E-state index in [1.807, 2.05) is 0 Å². The first-order valence-electron chi connectivity index (χ1n) is 8.14. The fourth-order valence-electron chi connectivity index (χ4n) is 4.04. The molecule has 1 aliphatic heterocycles. The average molecular weight is 267 g/mol. The number of aliphatic hydroxyl groups excluding tert-OH is 1. The minimum atomic E-state index is -0.140. The second-order valence-corrected chi connectivity index (χ2v) is 8.57. The minimum absolute atomic E-state index is 0.112. The summed E-state index contributed by atoms with van der Waals surface area (Å²) in [6, 6.07) is 0.411. The van der Waals surface area contributed by atoms with Crippen molar-refractivity contribution in [3.8, 4) is 0 Å². The van der Waals surface area contributed by atoms with Gasteiger partial charge in [-0.2, -0.15) is 0 Å². The lowest BCUT2D eigenvalue weighted by Crippen LogP contribution is -2.44. The topological polar surface area (TPSA) is 23.5 Å². The van der Waals surface area contributed by atoms with Crippen LogP contribution in [-0.4, -0.2) is 35.2 Å². The maximum Gasteiger partial charge on any atom is 0.0746 e. The summed E-state index contributed by atoms with van der Waals surface area (Å²) < 4.78 is 0. The predicted octanol–water partition coefficient (Wildman–Crippen LogP) is 3.68. The second-order valence-electron chi connectivity index (χ2n) is 8.57. The van der Waals surface area contributed by atoms with Gasteiger partial charge in [0.25, 0.3) is 0 Å². The van der Waals surface area contributed by atoms with Crippen molar-refractivity contribution in [1.29, 1.82) is 0 Å². The van der Waals surface area contributed by atoms with Gasteiger partial charge in [-0.25, -0.2) is 0 Å². The molecule has 3 unspecified atom stereocenters. The Morgan fingerprint density at radius 3 is 2.26 bits per heavy atom. The van der Waals surface area contributed by atoms with E-state index < -0.39 is 0 Å². The molecule has 0 bridgehead atoms. The van der Waals surface area contributed by atoms with Crippen LogP contribution < -0.4 is 0 Å². The van der Waals surface area contributed by atoms with Crippen molar-refractivity contribution in [2.75, 3.05) is 13.1 Å². The van der Waals surface area contributed by atoms with Crippen LogP contribution in [0.4, 0.5) is 0 Å². The summed E-state index contributed by atoms with van der Waals surface area (Å²) in [6.07, 6.45) is 6.15. The highest BCUT2D eigenvalue weighted by Gasteiger charge is 2.43. The van der Waals surface area contributed by atoms with Crippen molar-refractivity contribution in [3.63, 3.8) is 0 Å². The Kier molecular flexibility index (Phi) is 4.32. The number of aliphatic hydroxyl groups is 1. The first-order valence-corrected chi connectivity index (χ1v) is 8.14. The highest BCUT2D eigenvalue weighted by atomic mass is 16.3. The van der Waals surface area contributed by atoms with E-state index in [-0.39, 0.29) is 11.5 Å². The summed E-state index contributed by atoms with van der Waals surface area (Å²) >= 11 is 0. The molecule has 1 heterocycles. The fourth-order valence-corrected chi connectivity index (χ4v) is 4.04. The molecule has 2 aliphatic rings. The van der Waals surface area contributed by atoms with Gasteiger partial charge in [-0.1, -0.05) is 34.6 Å². The van der Waals surface area contributed by atoms with Crippen molar-refractivity contribution in [1.82, 2.24) is 4.90 Å². The molecule has 0 aromatic rings. The summed E-state index contributed by atoms with van der Waals surface area (Å²) in [5.41, 5.74) is 0.546. The molecule has 0 aromatic heterocycles. The fraction of sp³-hybridized carbons (Fsp3) is 1.00. The van der Waals surface area contributed by atoms with Crippen molar-refractivity contribution >= 4 is 0 Å². The first kappa shape index (κ1) is 15.3. The molecule has 112 valence electrons. The van der Waals surface area contributed by atoms with Gasteiger partial charge >= 0.3 is 0 Å². The van der Waals surface area contributed by atoms with Crippen LogP contribution >= 0.6 is 0 Å². The Balaban J connectivity index is 1.97. The van der Waals surface area contributed by atoms with Gasteiger partial charge in [0.2, 0.25) is 0 Å². The molecule has 1 saturated carbocycles. The van der Waals surface area contributed by atoms with Crippen LogP contribution in [0.3, 0.4) is 0 Å². The van der Waals surface area contributed by atoms with Crippen LogP contribution in [0, 0.1) is 16.7 Å². The average Bonchev–Trinajstić information content (AvgIpc) is 2.52. The van der Waals surface area contributed by atoms with E-state index in [0.717, 1.165) is 12.3 Å². The van der Waals surface area contributed by atoms with Gasteiger partial charge in [-0.15, -0.1) is 0 Å². The maximum atomic E-state index is 10.5. The molecule has 19 heavy (non-hydrogen) atoms. The Hall–Kier alpha value is -0.0800. The Morgan fingerprint density at radius 1 is 1.05 bits per heavy atom. The van der Waals surface area contributed by atoms with E-state index in [9.17, 15) is 5.11 Å². The highest BCUT2D eigenvalue weighted by Crippen LogP contribution is 2.41. The van der Waals surface area contributed by atoms with Crippen LogP contribution in [0.25, 0.3) is 0 Å². The summed E-state index contributed by atoms with van der Waals surface area (Å²) in [5, 5.41) is 10.5. The maximum absolute atomic E-state index is 10.5. The SMILES string of the molecule is CC(C)(C)C1CCCN(C2CCC(C)(C)C2O)CC1. The van der Waals surface area contributed by atoms with Crippen LogP contribution in [0.2, 0.25) is 0 Å². The molecule has 0 amide bonds. The molecule has 2 nitrogen and oxygen atoms in total. The molecule has 0 radical (unpaired) electrons. The van der Waals surface area contributed by atoms with E-state index in [1.54, 1.807) is 0 Å². The zero-order valence-corrected chi connectivity index (χ0v) is 13.6. The lowest BCUT2D eigenvalue weighted by molar-refractivity contribution is 0.0148. The largest absolute Gasteiger partial charge is 0.391 e. The van der Waals surface area contributed by atoms with Gasteiger partial charge in [0, 0.05) is 6.04 Å². The molecule has 2 fully saturated rings. The van der Waals surface area contributed by atoms with E-state index in [2.05, 4.69) is 39.5 Å². The summed E-state index contributed by atoms with van der Waals surface area (Å²) in [5.74, 6) is 0.837. The second kappa shape index (κ2) is 5.37. The minimum Gasteiger partial charge on any atom is -0.391 e. The van der Waals surface area contributed by atoms with Crippen LogP contribution in [0.1, 0.15) is 66.7 Å². The summed E-state index contributed by atoms with van der Waals surface area (Å²) in [6.45, 7) is 13.9.